The highest BCUT2D eigenvalue weighted by molar-refractivity contribution is 9.10. The largest absolute Gasteiger partial charge is 0.496 e. The molecule has 0 spiro atoms. The van der Waals surface area contributed by atoms with Crippen LogP contribution in [0.5, 0.6) is 5.75 Å². The number of hydrogen-bond acceptors (Lipinski definition) is 2. The number of hydrogen-bond donors (Lipinski definition) is 1. The van der Waals surface area contributed by atoms with Gasteiger partial charge in [-0.05, 0) is 40.9 Å². The van der Waals surface area contributed by atoms with E-state index in [-0.39, 0.29) is 12.2 Å². The first-order valence-electron chi connectivity index (χ1n) is 4.70. The maximum absolute atomic E-state index is 13.5. The summed E-state index contributed by atoms with van der Waals surface area (Å²) in [7, 11) is 1.44. The average molecular weight is 291 g/mol. The Labute approximate surface area is 101 Å². The molecule has 0 fully saturated rings. The fourth-order valence-electron chi connectivity index (χ4n) is 1.51. The zero-order chi connectivity index (χ0) is 12.3. The molecule has 0 saturated carbocycles. The third-order valence-electron chi connectivity index (χ3n) is 2.28. The van der Waals surface area contributed by atoms with Crippen molar-refractivity contribution in [2.24, 2.45) is 0 Å². The van der Waals surface area contributed by atoms with E-state index in [2.05, 4.69) is 15.9 Å². The van der Waals surface area contributed by atoms with Crippen molar-refractivity contribution in [3.63, 3.8) is 0 Å². The van der Waals surface area contributed by atoms with Crippen molar-refractivity contribution in [2.45, 2.75) is 19.8 Å². The minimum absolute atomic E-state index is 0.00608. The third kappa shape index (κ3) is 2.72. The zero-order valence-corrected chi connectivity index (χ0v) is 10.6. The van der Waals surface area contributed by atoms with Crippen LogP contribution in [-0.2, 0) is 11.2 Å². The summed E-state index contributed by atoms with van der Waals surface area (Å²) in [6.45, 7) is 1.60. The number of carboxylic acid groups (broad SMARTS) is 1. The summed E-state index contributed by atoms with van der Waals surface area (Å²) in [4.78, 5) is 10.5. The zero-order valence-electron chi connectivity index (χ0n) is 9.01. The summed E-state index contributed by atoms with van der Waals surface area (Å²) >= 11 is 3.09. The minimum atomic E-state index is -0.889. The van der Waals surface area contributed by atoms with Crippen LogP contribution < -0.4 is 4.74 Å². The number of carbonyl (C=O) groups is 1. The SMILES string of the molecule is COc1c(CCC(=O)O)cc(Br)c(F)c1C. The van der Waals surface area contributed by atoms with Crippen LogP contribution in [0.2, 0.25) is 0 Å². The van der Waals surface area contributed by atoms with Crippen LogP contribution in [0.4, 0.5) is 4.39 Å². The van der Waals surface area contributed by atoms with E-state index >= 15 is 0 Å². The Hall–Kier alpha value is -1.10. The second-order valence-corrected chi connectivity index (χ2v) is 4.24. The van der Waals surface area contributed by atoms with Crippen molar-refractivity contribution in [2.75, 3.05) is 7.11 Å². The van der Waals surface area contributed by atoms with Gasteiger partial charge in [-0.2, -0.15) is 0 Å². The van der Waals surface area contributed by atoms with Gasteiger partial charge in [0.25, 0.3) is 0 Å². The van der Waals surface area contributed by atoms with Gasteiger partial charge in [0.1, 0.15) is 11.6 Å². The number of methoxy groups -OCH3 is 1. The topological polar surface area (TPSA) is 46.5 Å². The van der Waals surface area contributed by atoms with Crippen molar-refractivity contribution < 1.29 is 19.0 Å². The second-order valence-electron chi connectivity index (χ2n) is 3.38. The van der Waals surface area contributed by atoms with E-state index in [4.69, 9.17) is 9.84 Å². The molecule has 5 heteroatoms. The van der Waals surface area contributed by atoms with E-state index in [1.165, 1.54) is 7.11 Å². The summed E-state index contributed by atoms with van der Waals surface area (Å²) in [6.07, 6.45) is 0.312. The summed E-state index contributed by atoms with van der Waals surface area (Å²) in [5.74, 6) is -0.849. The molecular formula is C11H12BrFO3. The Balaban J connectivity index is 3.12. The summed E-state index contributed by atoms with van der Waals surface area (Å²) in [6, 6.07) is 1.56. The Morgan fingerprint density at radius 3 is 2.75 bits per heavy atom. The lowest BCUT2D eigenvalue weighted by Crippen LogP contribution is -2.02. The number of aliphatic carboxylic acids is 1. The number of ether oxygens (including phenoxy) is 1. The van der Waals surface area contributed by atoms with Gasteiger partial charge in [0.15, 0.2) is 0 Å². The van der Waals surface area contributed by atoms with Crippen LogP contribution in [0.25, 0.3) is 0 Å². The monoisotopic (exact) mass is 290 g/mol. The Morgan fingerprint density at radius 2 is 2.25 bits per heavy atom. The van der Waals surface area contributed by atoms with Crippen LogP contribution in [0.15, 0.2) is 10.5 Å². The maximum atomic E-state index is 13.5. The van der Waals surface area contributed by atoms with Gasteiger partial charge in [-0.25, -0.2) is 4.39 Å². The van der Waals surface area contributed by atoms with Crippen molar-refractivity contribution in [1.82, 2.24) is 0 Å². The van der Waals surface area contributed by atoms with Gasteiger partial charge in [0, 0.05) is 12.0 Å². The van der Waals surface area contributed by atoms with Gasteiger partial charge in [0.05, 0.1) is 11.6 Å². The predicted molar refractivity (Wildman–Crippen MR) is 61.3 cm³/mol. The molecule has 1 aromatic carbocycles. The molecule has 0 heterocycles. The summed E-state index contributed by atoms with van der Waals surface area (Å²) in [5.41, 5.74) is 1.08. The number of carboxylic acids is 1. The normalized spacial score (nSPS) is 10.2. The number of halogens is 2. The lowest BCUT2D eigenvalue weighted by atomic mass is 10.0. The van der Waals surface area contributed by atoms with Crippen molar-refractivity contribution in [1.29, 1.82) is 0 Å². The predicted octanol–water partition coefficient (Wildman–Crippen LogP) is 2.92. The first-order chi connectivity index (χ1) is 7.47. The standard InChI is InChI=1S/C11H12BrFO3/c1-6-10(13)8(12)5-7(11(6)16-2)3-4-9(14)15/h5H,3-4H2,1-2H3,(H,14,15). The highest BCUT2D eigenvalue weighted by Crippen LogP contribution is 2.32. The molecule has 0 unspecified atom stereocenters. The average Bonchev–Trinajstić information content (AvgIpc) is 2.23. The molecule has 1 aromatic rings. The smallest absolute Gasteiger partial charge is 0.303 e. The molecule has 0 aromatic heterocycles. The number of benzene rings is 1. The molecule has 0 amide bonds. The first-order valence-corrected chi connectivity index (χ1v) is 5.50. The lowest BCUT2D eigenvalue weighted by molar-refractivity contribution is -0.136. The highest BCUT2D eigenvalue weighted by atomic mass is 79.9. The maximum Gasteiger partial charge on any atom is 0.303 e. The van der Waals surface area contributed by atoms with Crippen molar-refractivity contribution in [3.8, 4) is 5.75 Å². The lowest BCUT2D eigenvalue weighted by Gasteiger charge is -2.12. The molecule has 0 aliphatic carbocycles. The molecule has 0 saturated heterocycles. The van der Waals surface area contributed by atoms with Crippen LogP contribution in [0.1, 0.15) is 17.5 Å². The molecule has 88 valence electrons. The van der Waals surface area contributed by atoms with Crippen molar-refractivity contribution in [3.05, 3.63) is 27.5 Å². The van der Waals surface area contributed by atoms with E-state index in [9.17, 15) is 9.18 Å². The van der Waals surface area contributed by atoms with E-state index < -0.39 is 5.97 Å². The molecule has 0 radical (unpaired) electrons. The van der Waals surface area contributed by atoms with Crippen LogP contribution in [0.3, 0.4) is 0 Å². The van der Waals surface area contributed by atoms with Gasteiger partial charge in [-0.15, -0.1) is 0 Å². The van der Waals surface area contributed by atoms with E-state index in [0.29, 0.717) is 27.8 Å². The number of rotatable bonds is 4. The van der Waals surface area contributed by atoms with Crippen LogP contribution >= 0.6 is 15.9 Å². The molecule has 0 bridgehead atoms. The van der Waals surface area contributed by atoms with Crippen LogP contribution in [-0.4, -0.2) is 18.2 Å². The van der Waals surface area contributed by atoms with Gasteiger partial charge in [0.2, 0.25) is 0 Å². The fraction of sp³-hybridized carbons (Fsp3) is 0.364. The van der Waals surface area contributed by atoms with Gasteiger partial charge in [-0.1, -0.05) is 0 Å². The molecule has 0 atom stereocenters. The second kappa shape index (κ2) is 5.30. The Morgan fingerprint density at radius 1 is 1.62 bits per heavy atom. The quantitative estimate of drug-likeness (QED) is 0.927. The van der Waals surface area contributed by atoms with E-state index in [1.807, 2.05) is 0 Å². The van der Waals surface area contributed by atoms with Gasteiger partial charge < -0.3 is 9.84 Å². The first kappa shape index (κ1) is 13.0. The molecule has 1 N–H and O–H groups in total. The molecule has 1 rings (SSSR count). The minimum Gasteiger partial charge on any atom is -0.496 e. The van der Waals surface area contributed by atoms with E-state index in [1.54, 1.807) is 13.0 Å². The number of aryl methyl sites for hydroxylation is 1. The summed E-state index contributed by atoms with van der Waals surface area (Å²) in [5, 5.41) is 8.60. The van der Waals surface area contributed by atoms with Crippen molar-refractivity contribution >= 4 is 21.9 Å². The molecular weight excluding hydrogens is 279 g/mol. The van der Waals surface area contributed by atoms with Gasteiger partial charge >= 0.3 is 5.97 Å². The molecule has 0 aliphatic heterocycles. The van der Waals surface area contributed by atoms with E-state index in [0.717, 1.165) is 0 Å². The third-order valence-corrected chi connectivity index (χ3v) is 2.86. The molecule has 3 nitrogen and oxygen atoms in total. The Kier molecular flexibility index (Phi) is 4.29. The molecule has 0 aliphatic rings. The van der Waals surface area contributed by atoms with Crippen LogP contribution in [0, 0.1) is 12.7 Å². The molecule has 16 heavy (non-hydrogen) atoms. The summed E-state index contributed by atoms with van der Waals surface area (Å²) < 4.78 is 18.9. The highest BCUT2D eigenvalue weighted by Gasteiger charge is 2.15. The Bertz CT molecular complexity index is 418. The fourth-order valence-corrected chi connectivity index (χ4v) is 2.09. The van der Waals surface area contributed by atoms with Gasteiger partial charge in [-0.3, -0.25) is 4.79 Å².